The average molecular weight is 404 g/mol. The molecule has 2 aromatic carbocycles. The fourth-order valence-corrected chi connectivity index (χ4v) is 2.52. The topological polar surface area (TPSA) is 73.9 Å². The minimum atomic E-state index is -0.633. The number of carbonyl (C=O) groups is 2. The molecule has 7 heteroatoms. The Morgan fingerprint density at radius 2 is 1.96 bits per heavy atom. The van der Waals surface area contributed by atoms with Gasteiger partial charge >= 0.3 is 5.97 Å². The third-order valence-electron chi connectivity index (χ3n) is 3.79. The maximum absolute atomic E-state index is 12.0. The Morgan fingerprint density at radius 3 is 2.68 bits per heavy atom. The predicted molar refractivity (Wildman–Crippen MR) is 109 cm³/mol. The van der Waals surface area contributed by atoms with Crippen molar-refractivity contribution in [1.82, 2.24) is 0 Å². The van der Waals surface area contributed by atoms with Gasteiger partial charge in [-0.3, -0.25) is 4.79 Å². The molecule has 0 saturated heterocycles. The number of halogens is 1. The van der Waals surface area contributed by atoms with Gasteiger partial charge in [-0.05, 0) is 55.3 Å². The molecule has 0 bridgehead atoms. The highest BCUT2D eigenvalue weighted by molar-refractivity contribution is 6.31. The molecule has 0 spiro atoms. The van der Waals surface area contributed by atoms with Crippen molar-refractivity contribution in [1.29, 1.82) is 0 Å². The van der Waals surface area contributed by atoms with Crippen molar-refractivity contribution in [3.05, 3.63) is 58.6 Å². The van der Waals surface area contributed by atoms with E-state index in [0.29, 0.717) is 28.8 Å². The number of methoxy groups -OCH3 is 1. The summed E-state index contributed by atoms with van der Waals surface area (Å²) in [5.41, 5.74) is 2.05. The maximum atomic E-state index is 12.0. The maximum Gasteiger partial charge on any atom is 0.331 e. The number of ether oxygens (including phenoxy) is 3. The Kier molecular flexibility index (Phi) is 7.89. The largest absolute Gasteiger partial charge is 0.493 e. The van der Waals surface area contributed by atoms with Crippen molar-refractivity contribution in [2.24, 2.45) is 0 Å². The molecule has 0 atom stereocenters. The number of anilines is 1. The molecule has 0 heterocycles. The van der Waals surface area contributed by atoms with Crippen LogP contribution in [0.15, 0.2) is 42.5 Å². The summed E-state index contributed by atoms with van der Waals surface area (Å²) in [5, 5.41) is 3.20. The van der Waals surface area contributed by atoms with Crippen molar-refractivity contribution >= 4 is 35.2 Å². The van der Waals surface area contributed by atoms with E-state index in [1.54, 1.807) is 56.5 Å². The summed E-state index contributed by atoms with van der Waals surface area (Å²) in [6, 6.07) is 10.5. The highest BCUT2D eigenvalue weighted by Gasteiger charge is 2.09. The Hall–Kier alpha value is -2.99. The van der Waals surface area contributed by atoms with Crippen LogP contribution in [-0.2, 0) is 14.3 Å². The summed E-state index contributed by atoms with van der Waals surface area (Å²) in [6.45, 7) is 3.75. The first-order chi connectivity index (χ1) is 13.4. The molecule has 0 saturated carbocycles. The molecule has 28 heavy (non-hydrogen) atoms. The van der Waals surface area contributed by atoms with Gasteiger partial charge < -0.3 is 19.5 Å². The minimum Gasteiger partial charge on any atom is -0.493 e. The van der Waals surface area contributed by atoms with Crippen LogP contribution in [-0.4, -0.2) is 32.2 Å². The molecule has 0 fully saturated rings. The fraction of sp³-hybridized carbons (Fsp3) is 0.238. The molecule has 0 unspecified atom stereocenters. The lowest BCUT2D eigenvalue weighted by Gasteiger charge is -2.10. The zero-order valence-corrected chi connectivity index (χ0v) is 16.7. The van der Waals surface area contributed by atoms with Crippen molar-refractivity contribution in [3.63, 3.8) is 0 Å². The second-order valence-corrected chi connectivity index (χ2v) is 6.15. The highest BCUT2D eigenvalue weighted by Crippen LogP contribution is 2.28. The van der Waals surface area contributed by atoms with Crippen LogP contribution in [0.5, 0.6) is 11.5 Å². The number of benzene rings is 2. The first kappa shape index (κ1) is 21.3. The molecule has 6 nitrogen and oxygen atoms in total. The summed E-state index contributed by atoms with van der Waals surface area (Å²) in [4.78, 5) is 23.8. The lowest BCUT2D eigenvalue weighted by molar-refractivity contribution is -0.142. The monoisotopic (exact) mass is 403 g/mol. The Bertz CT molecular complexity index is 879. The van der Waals surface area contributed by atoms with E-state index in [0.717, 1.165) is 11.1 Å². The average Bonchev–Trinajstić information content (AvgIpc) is 2.68. The number of hydrogen-bond acceptors (Lipinski definition) is 5. The SMILES string of the molecule is CCOc1cc(/C=C/C(=O)OCC(=O)Nc2cccc(Cl)c2C)ccc1OC. The zero-order valence-electron chi connectivity index (χ0n) is 16.0. The summed E-state index contributed by atoms with van der Waals surface area (Å²) in [6.07, 6.45) is 2.82. The first-order valence-electron chi connectivity index (χ1n) is 8.65. The van der Waals surface area contributed by atoms with E-state index < -0.39 is 18.5 Å². The molecular weight excluding hydrogens is 382 g/mol. The third kappa shape index (κ3) is 6.03. The van der Waals surface area contributed by atoms with Gasteiger partial charge in [-0.25, -0.2) is 4.79 Å². The third-order valence-corrected chi connectivity index (χ3v) is 4.20. The predicted octanol–water partition coefficient (Wildman–Crippen LogP) is 4.25. The number of rotatable bonds is 8. The number of hydrogen-bond donors (Lipinski definition) is 1. The highest BCUT2D eigenvalue weighted by atomic mass is 35.5. The van der Waals surface area contributed by atoms with Crippen molar-refractivity contribution in [2.75, 3.05) is 25.6 Å². The van der Waals surface area contributed by atoms with E-state index in [2.05, 4.69) is 5.32 Å². The van der Waals surface area contributed by atoms with Gasteiger partial charge in [-0.15, -0.1) is 0 Å². The molecule has 0 aliphatic heterocycles. The Morgan fingerprint density at radius 1 is 1.18 bits per heavy atom. The van der Waals surface area contributed by atoms with Gasteiger partial charge in [0.15, 0.2) is 18.1 Å². The van der Waals surface area contributed by atoms with E-state index in [-0.39, 0.29) is 0 Å². The van der Waals surface area contributed by atoms with E-state index >= 15 is 0 Å². The van der Waals surface area contributed by atoms with E-state index in [1.807, 2.05) is 6.92 Å². The summed E-state index contributed by atoms with van der Waals surface area (Å²) in [5.74, 6) is 0.105. The molecule has 2 rings (SSSR count). The Labute approximate surface area is 169 Å². The number of esters is 1. The second-order valence-electron chi connectivity index (χ2n) is 5.74. The first-order valence-corrected chi connectivity index (χ1v) is 9.03. The summed E-state index contributed by atoms with van der Waals surface area (Å²) in [7, 11) is 1.56. The second kappa shape index (κ2) is 10.4. The zero-order chi connectivity index (χ0) is 20.5. The molecule has 0 aromatic heterocycles. The van der Waals surface area contributed by atoms with Gasteiger partial charge in [-0.1, -0.05) is 23.7 Å². The molecule has 0 radical (unpaired) electrons. The number of amides is 1. The van der Waals surface area contributed by atoms with E-state index in [9.17, 15) is 9.59 Å². The van der Waals surface area contributed by atoms with Gasteiger partial charge in [0.25, 0.3) is 5.91 Å². The lowest BCUT2D eigenvalue weighted by Crippen LogP contribution is -2.20. The van der Waals surface area contributed by atoms with E-state index in [1.165, 1.54) is 6.08 Å². The van der Waals surface area contributed by atoms with Gasteiger partial charge in [0.1, 0.15) is 0 Å². The number of nitrogens with one attached hydrogen (secondary N) is 1. The standard InChI is InChI=1S/C21H22ClNO5/c1-4-27-19-12-15(8-10-18(19)26-3)9-11-21(25)28-13-20(24)23-17-7-5-6-16(22)14(17)2/h5-12H,4,13H2,1-3H3,(H,23,24)/b11-9+. The molecule has 0 aliphatic carbocycles. The molecule has 2 aromatic rings. The van der Waals surface area contributed by atoms with Crippen LogP contribution in [0.1, 0.15) is 18.1 Å². The van der Waals surface area contributed by atoms with Crippen LogP contribution >= 0.6 is 11.6 Å². The van der Waals surface area contributed by atoms with Gasteiger partial charge in [-0.2, -0.15) is 0 Å². The van der Waals surface area contributed by atoms with Crippen LogP contribution in [0.2, 0.25) is 5.02 Å². The molecule has 0 aliphatic rings. The quantitative estimate of drug-likeness (QED) is 0.526. The number of carbonyl (C=O) groups excluding carboxylic acids is 2. The van der Waals surface area contributed by atoms with Crippen LogP contribution in [0.25, 0.3) is 6.08 Å². The molecular formula is C21H22ClNO5. The van der Waals surface area contributed by atoms with Crippen molar-refractivity contribution in [2.45, 2.75) is 13.8 Å². The van der Waals surface area contributed by atoms with Crippen LogP contribution in [0.4, 0.5) is 5.69 Å². The van der Waals surface area contributed by atoms with Crippen LogP contribution in [0, 0.1) is 6.92 Å². The molecule has 1 amide bonds. The smallest absolute Gasteiger partial charge is 0.331 e. The summed E-state index contributed by atoms with van der Waals surface area (Å²) < 4.78 is 15.7. The fourth-order valence-electron chi connectivity index (χ4n) is 2.34. The van der Waals surface area contributed by atoms with Gasteiger partial charge in [0, 0.05) is 16.8 Å². The van der Waals surface area contributed by atoms with Crippen LogP contribution < -0.4 is 14.8 Å². The van der Waals surface area contributed by atoms with Crippen molar-refractivity contribution in [3.8, 4) is 11.5 Å². The summed E-state index contributed by atoms with van der Waals surface area (Å²) >= 11 is 6.01. The minimum absolute atomic E-state index is 0.401. The normalized spacial score (nSPS) is 10.6. The van der Waals surface area contributed by atoms with Gasteiger partial charge in [0.05, 0.1) is 13.7 Å². The molecule has 148 valence electrons. The Balaban J connectivity index is 1.90. The van der Waals surface area contributed by atoms with Gasteiger partial charge in [0.2, 0.25) is 0 Å². The lowest BCUT2D eigenvalue weighted by atomic mass is 10.2. The van der Waals surface area contributed by atoms with Crippen LogP contribution in [0.3, 0.4) is 0 Å². The van der Waals surface area contributed by atoms with Crippen molar-refractivity contribution < 1.29 is 23.8 Å². The van der Waals surface area contributed by atoms with E-state index in [4.69, 9.17) is 25.8 Å². The molecule has 1 N–H and O–H groups in total.